The number of likely N-dealkylation sites (tertiary alicyclic amines) is 1. The van der Waals surface area contributed by atoms with E-state index in [-0.39, 0.29) is 11.9 Å². The second-order valence-corrected chi connectivity index (χ2v) is 6.75. The summed E-state index contributed by atoms with van der Waals surface area (Å²) in [4.78, 5) is 14.8. The van der Waals surface area contributed by atoms with Gasteiger partial charge in [0.15, 0.2) is 5.69 Å². The smallest absolute Gasteiger partial charge is 0.272 e. The first-order valence-electron chi connectivity index (χ1n) is 7.92. The van der Waals surface area contributed by atoms with Crippen LogP contribution in [-0.2, 0) is 0 Å². The zero-order chi connectivity index (χ0) is 15.0. The van der Waals surface area contributed by atoms with Crippen molar-refractivity contribution in [1.29, 1.82) is 0 Å². The van der Waals surface area contributed by atoms with Gasteiger partial charge in [0.1, 0.15) is 0 Å². The van der Waals surface area contributed by atoms with Crippen molar-refractivity contribution < 1.29 is 4.79 Å². The maximum Gasteiger partial charge on any atom is 0.272 e. The van der Waals surface area contributed by atoms with Crippen LogP contribution < -0.4 is 5.32 Å². The van der Waals surface area contributed by atoms with Crippen LogP contribution in [-0.4, -0.2) is 46.2 Å². The standard InChI is InChI=1S/C16H24N4O/c1-10(2)20-8-11(3)15(9-20)18-16(21)14-6-13(7-17-19-14)12-4-5-12/h6-7,10-12,15H,4-5,8-9H2,1-3H3,(H,18,21)/t11-,15+/m1/s1. The van der Waals surface area contributed by atoms with Crippen molar-refractivity contribution in [2.24, 2.45) is 5.92 Å². The van der Waals surface area contributed by atoms with Gasteiger partial charge in [-0.2, -0.15) is 5.10 Å². The minimum Gasteiger partial charge on any atom is -0.346 e. The third-order valence-electron chi connectivity index (χ3n) is 4.64. The van der Waals surface area contributed by atoms with Crippen molar-refractivity contribution >= 4 is 5.91 Å². The lowest BCUT2D eigenvalue weighted by atomic mass is 10.1. The summed E-state index contributed by atoms with van der Waals surface area (Å²) in [5, 5.41) is 11.1. The molecule has 1 aliphatic carbocycles. The minimum atomic E-state index is -0.0903. The number of nitrogens with zero attached hydrogens (tertiary/aromatic N) is 3. The number of hydrogen-bond donors (Lipinski definition) is 1. The summed E-state index contributed by atoms with van der Waals surface area (Å²) in [7, 11) is 0. The second kappa shape index (κ2) is 5.72. The molecular weight excluding hydrogens is 264 g/mol. The number of hydrogen-bond acceptors (Lipinski definition) is 4. The molecule has 5 nitrogen and oxygen atoms in total. The summed E-state index contributed by atoms with van der Waals surface area (Å²) < 4.78 is 0. The largest absolute Gasteiger partial charge is 0.346 e. The highest BCUT2D eigenvalue weighted by molar-refractivity contribution is 5.92. The van der Waals surface area contributed by atoms with Crippen LogP contribution in [0.5, 0.6) is 0 Å². The van der Waals surface area contributed by atoms with Gasteiger partial charge in [0.2, 0.25) is 0 Å². The predicted octanol–water partition coefficient (Wildman–Crippen LogP) is 1.81. The molecule has 2 atom stereocenters. The van der Waals surface area contributed by atoms with Gasteiger partial charge in [0.25, 0.3) is 5.91 Å². The molecule has 1 aromatic rings. The molecular formula is C16H24N4O. The molecule has 0 aromatic carbocycles. The van der Waals surface area contributed by atoms with E-state index in [2.05, 4.69) is 41.2 Å². The monoisotopic (exact) mass is 288 g/mol. The summed E-state index contributed by atoms with van der Waals surface area (Å²) in [5.41, 5.74) is 1.60. The predicted molar refractivity (Wildman–Crippen MR) is 81.1 cm³/mol. The van der Waals surface area contributed by atoms with Gasteiger partial charge >= 0.3 is 0 Å². The van der Waals surface area contributed by atoms with E-state index in [0.717, 1.165) is 18.7 Å². The fraction of sp³-hybridized carbons (Fsp3) is 0.688. The highest BCUT2D eigenvalue weighted by atomic mass is 16.2. The van der Waals surface area contributed by atoms with Crippen LogP contribution in [0.3, 0.4) is 0 Å². The van der Waals surface area contributed by atoms with Crippen molar-refractivity contribution in [3.63, 3.8) is 0 Å². The van der Waals surface area contributed by atoms with Crippen LogP contribution in [0.4, 0.5) is 0 Å². The van der Waals surface area contributed by atoms with Crippen LogP contribution >= 0.6 is 0 Å². The van der Waals surface area contributed by atoms with E-state index in [4.69, 9.17) is 0 Å². The molecule has 1 aromatic heterocycles. The molecule has 0 bridgehead atoms. The van der Waals surface area contributed by atoms with Crippen molar-refractivity contribution in [2.45, 2.75) is 51.6 Å². The zero-order valence-corrected chi connectivity index (χ0v) is 13.0. The Hall–Kier alpha value is -1.49. The van der Waals surface area contributed by atoms with Crippen LogP contribution in [0.25, 0.3) is 0 Å². The molecule has 0 radical (unpaired) electrons. The van der Waals surface area contributed by atoms with Crippen LogP contribution in [0.2, 0.25) is 0 Å². The highest BCUT2D eigenvalue weighted by Crippen LogP contribution is 2.39. The van der Waals surface area contributed by atoms with Gasteiger partial charge in [0.05, 0.1) is 6.20 Å². The van der Waals surface area contributed by atoms with E-state index in [1.54, 1.807) is 6.20 Å². The Labute approximate surface area is 126 Å². The van der Waals surface area contributed by atoms with Crippen molar-refractivity contribution in [3.05, 3.63) is 23.5 Å². The maximum absolute atomic E-state index is 12.4. The molecule has 0 spiro atoms. The van der Waals surface area contributed by atoms with E-state index in [1.807, 2.05) is 6.07 Å². The third kappa shape index (κ3) is 3.23. The number of rotatable bonds is 4. The molecule has 1 saturated carbocycles. The Bertz CT molecular complexity index is 527. The van der Waals surface area contributed by atoms with Gasteiger partial charge in [-0.25, -0.2) is 0 Å². The van der Waals surface area contributed by atoms with E-state index in [9.17, 15) is 4.79 Å². The van der Waals surface area contributed by atoms with Crippen molar-refractivity contribution in [2.75, 3.05) is 13.1 Å². The molecule has 114 valence electrons. The molecule has 1 N–H and O–H groups in total. The average molecular weight is 288 g/mol. The fourth-order valence-electron chi connectivity index (χ4n) is 2.99. The number of amides is 1. The molecule has 3 rings (SSSR count). The first kappa shape index (κ1) is 14.4. The van der Waals surface area contributed by atoms with E-state index < -0.39 is 0 Å². The molecule has 0 unspecified atom stereocenters. The molecule has 2 fully saturated rings. The van der Waals surface area contributed by atoms with Crippen molar-refractivity contribution in [1.82, 2.24) is 20.4 Å². The lowest BCUT2D eigenvalue weighted by Gasteiger charge is -2.20. The maximum atomic E-state index is 12.4. The quantitative estimate of drug-likeness (QED) is 0.918. The van der Waals surface area contributed by atoms with Gasteiger partial charge in [-0.1, -0.05) is 6.92 Å². The Morgan fingerprint density at radius 1 is 1.38 bits per heavy atom. The Balaban J connectivity index is 1.64. The molecule has 2 heterocycles. The molecule has 1 aliphatic heterocycles. The Kier molecular flexibility index (Phi) is 3.93. The van der Waals surface area contributed by atoms with Gasteiger partial charge in [0, 0.05) is 25.2 Å². The summed E-state index contributed by atoms with van der Waals surface area (Å²) in [6.07, 6.45) is 4.19. The van der Waals surface area contributed by atoms with E-state index in [1.165, 1.54) is 12.8 Å². The normalized spacial score (nSPS) is 26.3. The third-order valence-corrected chi connectivity index (χ3v) is 4.64. The first-order chi connectivity index (χ1) is 10.0. The first-order valence-corrected chi connectivity index (χ1v) is 7.92. The second-order valence-electron chi connectivity index (χ2n) is 6.75. The molecule has 2 aliphatic rings. The summed E-state index contributed by atoms with van der Waals surface area (Å²) in [6.45, 7) is 8.54. The van der Waals surface area contributed by atoms with Crippen molar-refractivity contribution in [3.8, 4) is 0 Å². The fourth-order valence-corrected chi connectivity index (χ4v) is 2.99. The van der Waals surface area contributed by atoms with E-state index >= 15 is 0 Å². The van der Waals surface area contributed by atoms with Gasteiger partial charge in [-0.15, -0.1) is 5.10 Å². The number of aromatic nitrogens is 2. The number of carbonyl (C=O) groups excluding carboxylic acids is 1. The van der Waals surface area contributed by atoms with E-state index in [0.29, 0.717) is 23.6 Å². The highest BCUT2D eigenvalue weighted by Gasteiger charge is 2.32. The topological polar surface area (TPSA) is 58.1 Å². The Morgan fingerprint density at radius 2 is 2.14 bits per heavy atom. The zero-order valence-electron chi connectivity index (χ0n) is 13.0. The summed E-state index contributed by atoms with van der Waals surface area (Å²) in [6, 6.07) is 2.62. The van der Waals surface area contributed by atoms with Gasteiger partial charge < -0.3 is 5.32 Å². The molecule has 5 heteroatoms. The lowest BCUT2D eigenvalue weighted by Crippen LogP contribution is -2.40. The molecule has 1 saturated heterocycles. The summed E-state index contributed by atoms with van der Waals surface area (Å²) >= 11 is 0. The Morgan fingerprint density at radius 3 is 2.76 bits per heavy atom. The van der Waals surface area contributed by atoms with Gasteiger partial charge in [-0.3, -0.25) is 9.69 Å². The lowest BCUT2D eigenvalue weighted by molar-refractivity contribution is 0.0924. The molecule has 21 heavy (non-hydrogen) atoms. The number of carbonyl (C=O) groups is 1. The summed E-state index contributed by atoms with van der Waals surface area (Å²) in [5.74, 6) is 0.970. The van der Waals surface area contributed by atoms with Crippen LogP contribution in [0.15, 0.2) is 12.3 Å². The molecule has 1 amide bonds. The van der Waals surface area contributed by atoms with Crippen LogP contribution in [0.1, 0.15) is 55.6 Å². The average Bonchev–Trinajstić information content (AvgIpc) is 3.24. The SMILES string of the molecule is CC(C)N1C[C@@H](C)[C@@H](NC(=O)c2cc(C3CC3)cnn2)C1. The van der Waals surface area contributed by atoms with Gasteiger partial charge in [-0.05, 0) is 50.2 Å². The van der Waals surface area contributed by atoms with Crippen LogP contribution in [0, 0.1) is 5.92 Å². The minimum absolute atomic E-state index is 0.0903. The number of nitrogens with one attached hydrogen (secondary N) is 1.